The van der Waals surface area contributed by atoms with Crippen LogP contribution in [0.1, 0.15) is 32.6 Å². The van der Waals surface area contributed by atoms with Crippen LogP contribution in [0.5, 0.6) is 0 Å². The first-order chi connectivity index (χ1) is 7.85. The maximum atomic E-state index is 8.28. The van der Waals surface area contributed by atoms with E-state index in [0.29, 0.717) is 0 Å². The molecule has 0 amide bonds. The van der Waals surface area contributed by atoms with Crippen molar-refractivity contribution in [2.75, 3.05) is 13.7 Å². The maximum absolute atomic E-state index is 8.28. The van der Waals surface area contributed by atoms with Gasteiger partial charge in [0.2, 0.25) is 0 Å². The van der Waals surface area contributed by atoms with Gasteiger partial charge in [-0.15, -0.1) is 0 Å². The summed E-state index contributed by atoms with van der Waals surface area (Å²) < 4.78 is 0. The molecule has 0 bridgehead atoms. The van der Waals surface area contributed by atoms with Gasteiger partial charge in [0.1, 0.15) is 0 Å². The molecule has 0 spiro atoms. The lowest BCUT2D eigenvalue weighted by atomic mass is 10.3. The van der Waals surface area contributed by atoms with Gasteiger partial charge in [0.25, 0.3) is 0 Å². The van der Waals surface area contributed by atoms with Crippen molar-refractivity contribution >= 4 is 0 Å². The fraction of sp³-hybridized carbons (Fsp3) is 0.571. The molecule has 2 nitrogen and oxygen atoms in total. The van der Waals surface area contributed by atoms with E-state index in [1.54, 1.807) is 12.2 Å². The summed E-state index contributed by atoms with van der Waals surface area (Å²) in [6, 6.07) is 0.847. The summed E-state index contributed by atoms with van der Waals surface area (Å²) in [5.41, 5.74) is 0. The Balaban J connectivity index is 0.000000288. The molecule has 0 aromatic heterocycles. The van der Waals surface area contributed by atoms with E-state index < -0.39 is 0 Å². The lowest BCUT2D eigenvalue weighted by Gasteiger charge is -2.03. The zero-order valence-electron chi connectivity index (χ0n) is 10.5. The largest absolute Gasteiger partial charge is 0.392 e. The highest BCUT2D eigenvalue weighted by Gasteiger charge is 2.10. The maximum Gasteiger partial charge on any atom is 0.0615 e. The third kappa shape index (κ3) is 9.69. The van der Waals surface area contributed by atoms with Crippen LogP contribution in [-0.4, -0.2) is 24.8 Å². The Morgan fingerprint density at radius 2 is 1.75 bits per heavy atom. The summed E-state index contributed by atoms with van der Waals surface area (Å²) in [4.78, 5) is 0. The molecule has 2 heteroatoms. The van der Waals surface area contributed by atoms with Crippen LogP contribution in [0, 0.1) is 0 Å². The molecule has 0 saturated heterocycles. The predicted molar refractivity (Wildman–Crippen MR) is 71.5 cm³/mol. The van der Waals surface area contributed by atoms with Crippen molar-refractivity contribution < 1.29 is 5.11 Å². The fourth-order valence-corrected chi connectivity index (χ4v) is 1.59. The van der Waals surface area contributed by atoms with E-state index in [-0.39, 0.29) is 6.61 Å². The van der Waals surface area contributed by atoms with Gasteiger partial charge in [-0.05, 0) is 26.8 Å². The molecule has 1 aliphatic rings. The lowest BCUT2D eigenvalue weighted by Crippen LogP contribution is -2.20. The zero-order valence-corrected chi connectivity index (χ0v) is 10.5. The molecule has 1 aliphatic carbocycles. The van der Waals surface area contributed by atoms with Crippen LogP contribution in [0.15, 0.2) is 36.5 Å². The van der Waals surface area contributed by atoms with E-state index >= 15 is 0 Å². The topological polar surface area (TPSA) is 32.3 Å². The summed E-state index contributed by atoms with van der Waals surface area (Å²) in [7, 11) is 2.05. The lowest BCUT2D eigenvalue weighted by molar-refractivity contribution is 0.343. The number of aliphatic hydroxyl groups is 1. The quantitative estimate of drug-likeness (QED) is 0.718. The van der Waals surface area contributed by atoms with Gasteiger partial charge in [-0.2, -0.15) is 0 Å². The van der Waals surface area contributed by atoms with Crippen LogP contribution >= 0.6 is 0 Å². The molecule has 0 atom stereocenters. The van der Waals surface area contributed by atoms with Crippen LogP contribution in [0.4, 0.5) is 0 Å². The number of aliphatic hydroxyl groups excluding tert-OH is 1. The molecule has 0 aliphatic heterocycles. The average Bonchev–Trinajstić information content (AvgIpc) is 2.83. The molecule has 0 aromatic carbocycles. The summed E-state index contributed by atoms with van der Waals surface area (Å²) in [6.07, 6.45) is 16.8. The van der Waals surface area contributed by atoms with Crippen LogP contribution in [0.3, 0.4) is 0 Å². The SMILES string of the molecule is CNC1CCCC1.C\C=C/C=C\C=C\CO. The molecule has 92 valence electrons. The van der Waals surface area contributed by atoms with Gasteiger partial charge in [0.15, 0.2) is 0 Å². The van der Waals surface area contributed by atoms with Gasteiger partial charge in [-0.25, -0.2) is 0 Å². The molecule has 0 aromatic rings. The molecular weight excluding hydrogens is 198 g/mol. The smallest absolute Gasteiger partial charge is 0.0615 e. The van der Waals surface area contributed by atoms with Crippen molar-refractivity contribution in [1.82, 2.24) is 5.32 Å². The third-order valence-corrected chi connectivity index (χ3v) is 2.53. The van der Waals surface area contributed by atoms with Crippen molar-refractivity contribution in [1.29, 1.82) is 0 Å². The van der Waals surface area contributed by atoms with E-state index in [1.165, 1.54) is 25.7 Å². The Kier molecular flexibility index (Phi) is 11.6. The van der Waals surface area contributed by atoms with E-state index in [2.05, 4.69) is 12.4 Å². The Morgan fingerprint density at radius 1 is 1.12 bits per heavy atom. The fourth-order valence-electron chi connectivity index (χ4n) is 1.59. The molecule has 16 heavy (non-hydrogen) atoms. The Labute approximate surface area is 99.8 Å². The molecular formula is C14H25NO. The molecule has 0 radical (unpaired) electrons. The standard InChI is InChI=1S/C8H12O.C6H13N/c1-2-3-4-5-6-7-8-9;1-7-6-4-2-3-5-6/h2-7,9H,8H2,1H3;6-7H,2-5H2,1H3/b3-2-,5-4-,7-6+;. The number of nitrogens with one attached hydrogen (secondary N) is 1. The summed E-state index contributed by atoms with van der Waals surface area (Å²) in [5.74, 6) is 0. The van der Waals surface area contributed by atoms with Crippen molar-refractivity contribution in [3.63, 3.8) is 0 Å². The number of hydrogen-bond donors (Lipinski definition) is 2. The second kappa shape index (κ2) is 12.2. The monoisotopic (exact) mass is 223 g/mol. The number of allylic oxidation sites excluding steroid dienone is 5. The normalized spacial score (nSPS) is 17.4. The van der Waals surface area contributed by atoms with Crippen molar-refractivity contribution in [2.24, 2.45) is 0 Å². The van der Waals surface area contributed by atoms with E-state index in [4.69, 9.17) is 5.11 Å². The molecule has 0 heterocycles. The molecule has 0 unspecified atom stereocenters. The number of rotatable bonds is 4. The second-order valence-corrected chi connectivity index (χ2v) is 3.79. The van der Waals surface area contributed by atoms with Crippen molar-refractivity contribution in [3.8, 4) is 0 Å². The van der Waals surface area contributed by atoms with Gasteiger partial charge < -0.3 is 10.4 Å². The number of hydrogen-bond acceptors (Lipinski definition) is 2. The summed E-state index contributed by atoms with van der Waals surface area (Å²) >= 11 is 0. The first-order valence-corrected chi connectivity index (χ1v) is 6.07. The van der Waals surface area contributed by atoms with Crippen LogP contribution in [0.2, 0.25) is 0 Å². The van der Waals surface area contributed by atoms with Gasteiger partial charge in [-0.1, -0.05) is 49.3 Å². The van der Waals surface area contributed by atoms with Crippen molar-refractivity contribution in [2.45, 2.75) is 38.6 Å². The first kappa shape index (κ1) is 15.1. The van der Waals surface area contributed by atoms with Crippen LogP contribution < -0.4 is 5.32 Å². The minimum atomic E-state index is 0.111. The zero-order chi connectivity index (χ0) is 12.1. The van der Waals surface area contributed by atoms with Gasteiger partial charge in [0, 0.05) is 6.04 Å². The highest BCUT2D eigenvalue weighted by Crippen LogP contribution is 2.16. The summed E-state index contributed by atoms with van der Waals surface area (Å²) in [6.45, 7) is 2.07. The third-order valence-electron chi connectivity index (χ3n) is 2.53. The first-order valence-electron chi connectivity index (χ1n) is 6.07. The molecule has 1 saturated carbocycles. The van der Waals surface area contributed by atoms with E-state index in [9.17, 15) is 0 Å². The van der Waals surface area contributed by atoms with Gasteiger partial charge in [0.05, 0.1) is 6.61 Å². The Morgan fingerprint density at radius 3 is 2.19 bits per heavy atom. The highest BCUT2D eigenvalue weighted by atomic mass is 16.2. The van der Waals surface area contributed by atoms with Crippen LogP contribution in [-0.2, 0) is 0 Å². The molecule has 1 rings (SSSR count). The van der Waals surface area contributed by atoms with E-state index in [1.807, 2.05) is 31.2 Å². The minimum Gasteiger partial charge on any atom is -0.392 e. The molecule has 2 N–H and O–H groups in total. The second-order valence-electron chi connectivity index (χ2n) is 3.79. The van der Waals surface area contributed by atoms with Crippen molar-refractivity contribution in [3.05, 3.63) is 36.5 Å². The Bertz CT molecular complexity index is 213. The van der Waals surface area contributed by atoms with Gasteiger partial charge >= 0.3 is 0 Å². The average molecular weight is 223 g/mol. The van der Waals surface area contributed by atoms with Crippen LogP contribution in [0.25, 0.3) is 0 Å². The summed E-state index contributed by atoms with van der Waals surface area (Å²) in [5, 5.41) is 11.5. The van der Waals surface area contributed by atoms with Gasteiger partial charge in [-0.3, -0.25) is 0 Å². The minimum absolute atomic E-state index is 0.111. The van der Waals surface area contributed by atoms with E-state index in [0.717, 1.165) is 6.04 Å². The molecule has 1 fully saturated rings. The predicted octanol–water partition coefficient (Wildman–Crippen LogP) is 2.82. The highest BCUT2D eigenvalue weighted by molar-refractivity contribution is 5.10. The Hall–Kier alpha value is -0.860.